The summed E-state index contributed by atoms with van der Waals surface area (Å²) in [6.45, 7) is 4.65. The molecule has 6 heteroatoms. The maximum Gasteiger partial charge on any atom is 0.253 e. The van der Waals surface area contributed by atoms with Gasteiger partial charge >= 0.3 is 0 Å². The first-order valence-corrected chi connectivity index (χ1v) is 7.21. The van der Waals surface area contributed by atoms with E-state index in [1.165, 1.54) is 23.5 Å². The van der Waals surface area contributed by atoms with E-state index in [1.807, 2.05) is 19.2 Å². The molecule has 1 aromatic heterocycles. The lowest BCUT2D eigenvalue weighted by atomic mass is 10.1. The molecule has 0 bridgehead atoms. The normalized spacial score (nSPS) is 10.3. The molecule has 0 unspecified atom stereocenters. The maximum absolute atomic E-state index is 13.7. The van der Waals surface area contributed by atoms with Gasteiger partial charge in [0.15, 0.2) is 0 Å². The lowest BCUT2D eigenvalue weighted by molar-refractivity contribution is 0.0951. The van der Waals surface area contributed by atoms with E-state index in [0.717, 1.165) is 10.7 Å². The zero-order valence-corrected chi connectivity index (χ0v) is 12.2. The molecular weight excluding hydrogens is 277 g/mol. The Hall–Kier alpha value is -1.95. The van der Waals surface area contributed by atoms with Crippen molar-refractivity contribution in [3.8, 4) is 0 Å². The van der Waals surface area contributed by atoms with Gasteiger partial charge in [-0.15, -0.1) is 11.3 Å². The van der Waals surface area contributed by atoms with Crippen LogP contribution in [0.3, 0.4) is 0 Å². The number of aryl methyl sites for hydroxylation is 1. The topological polar surface area (TPSA) is 54.0 Å². The molecule has 0 atom stereocenters. The Balaban J connectivity index is 2.10. The second kappa shape index (κ2) is 6.47. The lowest BCUT2D eigenvalue weighted by Gasteiger charge is -2.11. The van der Waals surface area contributed by atoms with Crippen LogP contribution in [-0.4, -0.2) is 17.4 Å². The zero-order chi connectivity index (χ0) is 14.5. The van der Waals surface area contributed by atoms with Gasteiger partial charge in [0.2, 0.25) is 0 Å². The predicted octanol–water partition coefficient (Wildman–Crippen LogP) is 2.95. The number of nitrogens with zero attached hydrogens (tertiary/aromatic N) is 1. The van der Waals surface area contributed by atoms with Crippen molar-refractivity contribution in [3.63, 3.8) is 0 Å². The van der Waals surface area contributed by atoms with Gasteiger partial charge < -0.3 is 10.6 Å². The summed E-state index contributed by atoms with van der Waals surface area (Å²) >= 11 is 1.53. The second-order valence-electron chi connectivity index (χ2n) is 4.23. The highest BCUT2D eigenvalue weighted by atomic mass is 32.1. The van der Waals surface area contributed by atoms with Gasteiger partial charge in [0.05, 0.1) is 28.5 Å². The van der Waals surface area contributed by atoms with E-state index in [2.05, 4.69) is 15.6 Å². The number of benzene rings is 1. The van der Waals surface area contributed by atoms with Crippen molar-refractivity contribution in [2.75, 3.05) is 11.9 Å². The number of anilines is 1. The van der Waals surface area contributed by atoms with Crippen molar-refractivity contribution in [2.45, 2.75) is 20.4 Å². The minimum atomic E-state index is -0.427. The summed E-state index contributed by atoms with van der Waals surface area (Å²) in [6, 6.07) is 4.46. The molecule has 0 spiro atoms. The minimum Gasteiger partial charge on any atom is -0.382 e. The number of carbonyl (C=O) groups is 1. The van der Waals surface area contributed by atoms with Gasteiger partial charge in [-0.05, 0) is 26.0 Å². The summed E-state index contributed by atoms with van der Waals surface area (Å²) in [6.07, 6.45) is 0. The molecular formula is C14H16FN3OS. The molecule has 106 valence electrons. The largest absolute Gasteiger partial charge is 0.382 e. The average Bonchev–Trinajstić information content (AvgIpc) is 2.84. The second-order valence-corrected chi connectivity index (χ2v) is 5.30. The molecule has 0 aliphatic rings. The Kier molecular flexibility index (Phi) is 4.68. The molecule has 0 aliphatic heterocycles. The van der Waals surface area contributed by atoms with E-state index in [9.17, 15) is 9.18 Å². The molecule has 2 N–H and O–H groups in total. The van der Waals surface area contributed by atoms with E-state index in [-0.39, 0.29) is 11.6 Å². The van der Waals surface area contributed by atoms with Crippen LogP contribution in [0.15, 0.2) is 23.6 Å². The number of amides is 1. The number of aromatic nitrogens is 1. The summed E-state index contributed by atoms with van der Waals surface area (Å²) in [7, 11) is 0. The Labute approximate surface area is 121 Å². The number of nitrogens with one attached hydrogen (secondary N) is 2. The highest BCUT2D eigenvalue weighted by Gasteiger charge is 2.14. The quantitative estimate of drug-likeness (QED) is 0.891. The van der Waals surface area contributed by atoms with Gasteiger partial charge in [0.25, 0.3) is 5.91 Å². The van der Waals surface area contributed by atoms with E-state index < -0.39 is 5.82 Å². The molecule has 0 saturated carbocycles. The van der Waals surface area contributed by atoms with E-state index >= 15 is 0 Å². The molecule has 1 aromatic carbocycles. The van der Waals surface area contributed by atoms with Gasteiger partial charge in [0.1, 0.15) is 5.82 Å². The van der Waals surface area contributed by atoms with Gasteiger partial charge in [-0.25, -0.2) is 9.37 Å². The van der Waals surface area contributed by atoms with Crippen LogP contribution in [0.4, 0.5) is 10.1 Å². The molecule has 20 heavy (non-hydrogen) atoms. The first kappa shape index (κ1) is 14.5. The van der Waals surface area contributed by atoms with Gasteiger partial charge in [-0.2, -0.15) is 0 Å². The molecule has 1 amide bonds. The van der Waals surface area contributed by atoms with Crippen LogP contribution in [-0.2, 0) is 6.54 Å². The van der Waals surface area contributed by atoms with Gasteiger partial charge in [0, 0.05) is 11.9 Å². The third kappa shape index (κ3) is 3.33. The zero-order valence-electron chi connectivity index (χ0n) is 11.4. The summed E-state index contributed by atoms with van der Waals surface area (Å²) in [4.78, 5) is 16.4. The number of thiazole rings is 1. The van der Waals surface area contributed by atoms with E-state index in [4.69, 9.17) is 0 Å². The fourth-order valence-corrected chi connectivity index (χ4v) is 2.44. The van der Waals surface area contributed by atoms with E-state index in [1.54, 1.807) is 6.07 Å². The fourth-order valence-electron chi connectivity index (χ4n) is 1.83. The molecule has 2 aromatic rings. The summed E-state index contributed by atoms with van der Waals surface area (Å²) in [5.74, 6) is -0.741. The number of hydrogen-bond donors (Lipinski definition) is 2. The van der Waals surface area contributed by atoms with Crippen molar-refractivity contribution in [3.05, 3.63) is 45.7 Å². The molecule has 4 nitrogen and oxygen atoms in total. The molecule has 0 aliphatic carbocycles. The van der Waals surface area contributed by atoms with Gasteiger partial charge in [-0.3, -0.25) is 4.79 Å². The maximum atomic E-state index is 13.7. The summed E-state index contributed by atoms with van der Waals surface area (Å²) in [5.41, 5.74) is 1.35. The molecule has 0 fully saturated rings. The summed E-state index contributed by atoms with van der Waals surface area (Å²) < 4.78 is 13.7. The number of carbonyl (C=O) groups excluding carboxylic acids is 1. The lowest BCUT2D eigenvalue weighted by Crippen LogP contribution is -2.24. The predicted molar refractivity (Wildman–Crippen MR) is 78.6 cm³/mol. The third-order valence-electron chi connectivity index (χ3n) is 2.71. The first-order valence-electron chi connectivity index (χ1n) is 6.33. The number of hydrogen-bond acceptors (Lipinski definition) is 4. The summed E-state index contributed by atoms with van der Waals surface area (Å²) in [5, 5.41) is 8.48. The van der Waals surface area contributed by atoms with Crippen LogP contribution in [0.1, 0.15) is 28.0 Å². The van der Waals surface area contributed by atoms with Crippen LogP contribution >= 0.6 is 11.3 Å². The Morgan fingerprint density at radius 3 is 2.90 bits per heavy atom. The van der Waals surface area contributed by atoms with Crippen molar-refractivity contribution in [2.24, 2.45) is 0 Å². The highest BCUT2D eigenvalue weighted by molar-refractivity contribution is 7.09. The smallest absolute Gasteiger partial charge is 0.253 e. The molecule has 0 saturated heterocycles. The Morgan fingerprint density at radius 1 is 1.45 bits per heavy atom. The molecule has 2 rings (SSSR count). The average molecular weight is 293 g/mol. The van der Waals surface area contributed by atoms with Crippen LogP contribution in [0.2, 0.25) is 0 Å². The van der Waals surface area contributed by atoms with Crippen LogP contribution in [0.5, 0.6) is 0 Å². The van der Waals surface area contributed by atoms with Crippen LogP contribution in [0.25, 0.3) is 0 Å². The number of halogens is 1. The number of rotatable bonds is 5. The SMILES string of the molecule is CCNc1c(F)cccc1C(=O)NCc1csc(C)n1. The molecule has 0 radical (unpaired) electrons. The third-order valence-corrected chi connectivity index (χ3v) is 3.53. The Bertz CT molecular complexity index is 612. The minimum absolute atomic E-state index is 0.238. The Morgan fingerprint density at radius 2 is 2.25 bits per heavy atom. The van der Waals surface area contributed by atoms with Crippen LogP contribution in [0, 0.1) is 12.7 Å². The van der Waals surface area contributed by atoms with Crippen LogP contribution < -0.4 is 10.6 Å². The number of para-hydroxylation sites is 1. The highest BCUT2D eigenvalue weighted by Crippen LogP contribution is 2.19. The van der Waals surface area contributed by atoms with Crippen molar-refractivity contribution in [1.29, 1.82) is 0 Å². The standard InChI is InChI=1S/C14H16FN3OS/c1-3-16-13-11(5-4-6-12(13)15)14(19)17-7-10-8-20-9(2)18-10/h4-6,8,16H,3,7H2,1-2H3,(H,17,19). The monoisotopic (exact) mass is 293 g/mol. The fraction of sp³-hybridized carbons (Fsp3) is 0.286. The molecule has 1 heterocycles. The van der Waals surface area contributed by atoms with Gasteiger partial charge in [-0.1, -0.05) is 6.07 Å². The van der Waals surface area contributed by atoms with Crippen molar-refractivity contribution >= 4 is 22.9 Å². The van der Waals surface area contributed by atoms with E-state index in [0.29, 0.717) is 18.7 Å². The first-order chi connectivity index (χ1) is 9.61. The van der Waals surface area contributed by atoms with Crippen molar-refractivity contribution in [1.82, 2.24) is 10.3 Å². The van der Waals surface area contributed by atoms with Crippen molar-refractivity contribution < 1.29 is 9.18 Å².